The molecule has 96 valence electrons. The second kappa shape index (κ2) is 13.1. The molecule has 0 bridgehead atoms. The fraction of sp³-hybridized carbons (Fsp3) is 1.00. The van der Waals surface area contributed by atoms with Crippen LogP contribution in [-0.4, -0.2) is 6.99 Å². The molecule has 0 saturated carbocycles. The summed E-state index contributed by atoms with van der Waals surface area (Å²) in [7, 11) is 0. The van der Waals surface area contributed by atoms with Gasteiger partial charge in [0.15, 0.2) is 0 Å². The Morgan fingerprint density at radius 1 is 0.625 bits per heavy atom. The number of hydrogen-bond acceptors (Lipinski definition) is 0. The molecule has 0 rings (SSSR count). The summed E-state index contributed by atoms with van der Waals surface area (Å²) in [5.74, 6) is 0. The van der Waals surface area contributed by atoms with E-state index in [1.807, 2.05) is 0 Å². The van der Waals surface area contributed by atoms with Crippen molar-refractivity contribution in [3.05, 3.63) is 0 Å². The topological polar surface area (TPSA) is 0 Å². The van der Waals surface area contributed by atoms with Gasteiger partial charge < -0.3 is 4.32 Å². The number of halogens is 1. The zero-order valence-corrected chi connectivity index (χ0v) is 11.4. The number of hydrogen-bond donors (Lipinski definition) is 0. The molecule has 0 atom stereocenters. The number of rotatable bonds is 12. The van der Waals surface area contributed by atoms with E-state index in [0.717, 1.165) is 25.5 Å². The zero-order chi connectivity index (χ0) is 12.1. The van der Waals surface area contributed by atoms with Gasteiger partial charge in [-0.15, -0.1) is 0 Å². The summed E-state index contributed by atoms with van der Waals surface area (Å²) in [6.45, 7) is 3.91. The molecule has 0 nitrogen and oxygen atoms in total. The first kappa shape index (κ1) is 16.0. The van der Waals surface area contributed by atoms with Crippen molar-refractivity contribution in [3.8, 4) is 0 Å². The van der Waals surface area contributed by atoms with Crippen LogP contribution in [0.2, 0.25) is 12.6 Å². The Bertz CT molecular complexity index is 114. The molecule has 0 spiro atoms. The van der Waals surface area contributed by atoms with Crippen molar-refractivity contribution >= 4 is 6.99 Å². The van der Waals surface area contributed by atoms with Crippen molar-refractivity contribution < 1.29 is 4.32 Å². The Balaban J connectivity index is 3.09. The maximum absolute atomic E-state index is 13.4. The van der Waals surface area contributed by atoms with E-state index >= 15 is 0 Å². The predicted octanol–water partition coefficient (Wildman–Crippen LogP) is 5.89. The number of unbranched alkanes of at least 4 members (excludes halogenated alkanes) is 8. The van der Waals surface area contributed by atoms with Crippen LogP contribution in [0.1, 0.15) is 78.1 Å². The summed E-state index contributed by atoms with van der Waals surface area (Å²) >= 11 is 0. The molecule has 0 fully saturated rings. The second-order valence-corrected chi connectivity index (χ2v) is 5.00. The third-order valence-electron chi connectivity index (χ3n) is 3.24. The fourth-order valence-corrected chi connectivity index (χ4v) is 2.08. The van der Waals surface area contributed by atoms with Gasteiger partial charge in [-0.3, -0.25) is 0 Å². The smallest absolute Gasteiger partial charge is 0.336 e. The molecule has 0 aliphatic rings. The molecule has 2 heteroatoms. The standard InChI is InChI=1S/C14H30BF/c1-3-5-7-9-11-13-15(16)14-12-10-8-6-4-2/h3-14H2,1-2H3. The van der Waals surface area contributed by atoms with Gasteiger partial charge in [0.1, 0.15) is 0 Å². The molecule has 0 heterocycles. The van der Waals surface area contributed by atoms with Crippen molar-refractivity contribution in [1.29, 1.82) is 0 Å². The highest BCUT2D eigenvalue weighted by atomic mass is 19.1. The lowest BCUT2D eigenvalue weighted by atomic mass is 9.62. The molecule has 16 heavy (non-hydrogen) atoms. The molecular weight excluding hydrogens is 198 g/mol. The van der Waals surface area contributed by atoms with Crippen LogP contribution in [0.15, 0.2) is 0 Å². The average Bonchev–Trinajstić information content (AvgIpc) is 2.28. The van der Waals surface area contributed by atoms with Gasteiger partial charge >= 0.3 is 6.99 Å². The lowest BCUT2D eigenvalue weighted by molar-refractivity contribution is 0.630. The maximum atomic E-state index is 13.4. The highest BCUT2D eigenvalue weighted by Gasteiger charge is 2.11. The summed E-state index contributed by atoms with van der Waals surface area (Å²) in [6.07, 6.45) is 14.0. The van der Waals surface area contributed by atoms with Gasteiger partial charge in [0, 0.05) is 0 Å². The van der Waals surface area contributed by atoms with Crippen LogP contribution in [-0.2, 0) is 0 Å². The van der Waals surface area contributed by atoms with Crippen LogP contribution in [0.25, 0.3) is 0 Å². The highest BCUT2D eigenvalue weighted by molar-refractivity contribution is 6.50. The lowest BCUT2D eigenvalue weighted by Crippen LogP contribution is -2.04. The normalized spacial score (nSPS) is 10.7. The van der Waals surface area contributed by atoms with Crippen molar-refractivity contribution in [3.63, 3.8) is 0 Å². The van der Waals surface area contributed by atoms with Crippen LogP contribution in [0.5, 0.6) is 0 Å². The van der Waals surface area contributed by atoms with Crippen molar-refractivity contribution in [2.45, 2.75) is 90.7 Å². The summed E-state index contributed by atoms with van der Waals surface area (Å²) in [6, 6.07) is 0. The van der Waals surface area contributed by atoms with Crippen LogP contribution >= 0.6 is 0 Å². The predicted molar refractivity (Wildman–Crippen MR) is 74.0 cm³/mol. The monoisotopic (exact) mass is 228 g/mol. The SMILES string of the molecule is CCCCCCCB(F)CCCCCCC. The van der Waals surface area contributed by atoms with Gasteiger partial charge in [-0.2, -0.15) is 0 Å². The van der Waals surface area contributed by atoms with Crippen LogP contribution in [0.4, 0.5) is 4.32 Å². The molecule has 0 aromatic carbocycles. The summed E-state index contributed by atoms with van der Waals surface area (Å²) in [5.41, 5.74) is 0. The lowest BCUT2D eigenvalue weighted by Gasteiger charge is -2.04. The third kappa shape index (κ3) is 12.1. The maximum Gasteiger partial charge on any atom is 0.348 e. The van der Waals surface area contributed by atoms with Gasteiger partial charge in [-0.1, -0.05) is 78.1 Å². The molecule has 0 aromatic heterocycles. The summed E-state index contributed by atoms with van der Waals surface area (Å²) in [5, 5.41) is 0. The van der Waals surface area contributed by atoms with Crippen molar-refractivity contribution in [2.75, 3.05) is 0 Å². The van der Waals surface area contributed by atoms with Crippen LogP contribution in [0.3, 0.4) is 0 Å². The van der Waals surface area contributed by atoms with E-state index in [4.69, 9.17) is 0 Å². The molecule has 0 radical (unpaired) electrons. The molecular formula is C14H30BF. The van der Waals surface area contributed by atoms with Gasteiger partial charge in [0.05, 0.1) is 0 Å². The first-order valence-electron chi connectivity index (χ1n) is 7.45. The molecule has 0 amide bonds. The zero-order valence-electron chi connectivity index (χ0n) is 11.4. The molecule has 0 saturated heterocycles. The molecule has 0 aromatic rings. The first-order chi connectivity index (χ1) is 7.81. The minimum absolute atomic E-state index is 0.525. The summed E-state index contributed by atoms with van der Waals surface area (Å²) < 4.78 is 13.4. The van der Waals surface area contributed by atoms with Crippen molar-refractivity contribution in [1.82, 2.24) is 0 Å². The van der Waals surface area contributed by atoms with E-state index in [9.17, 15) is 4.32 Å². The van der Waals surface area contributed by atoms with Gasteiger partial charge in [-0.05, 0) is 12.6 Å². The largest absolute Gasteiger partial charge is 0.348 e. The van der Waals surface area contributed by atoms with Crippen LogP contribution in [0, 0.1) is 0 Å². The van der Waals surface area contributed by atoms with E-state index in [-0.39, 0.29) is 0 Å². The Labute approximate surface area is 103 Å². The van der Waals surface area contributed by atoms with Gasteiger partial charge in [0.25, 0.3) is 0 Å². The van der Waals surface area contributed by atoms with Gasteiger partial charge in [-0.25, -0.2) is 0 Å². The van der Waals surface area contributed by atoms with E-state index < -0.39 is 6.99 Å². The Kier molecular flexibility index (Phi) is 13.1. The Morgan fingerprint density at radius 3 is 1.38 bits per heavy atom. The second-order valence-electron chi connectivity index (χ2n) is 5.00. The minimum atomic E-state index is -0.525. The Morgan fingerprint density at radius 2 is 1.00 bits per heavy atom. The Hall–Kier alpha value is -0.00506. The molecule has 0 unspecified atom stereocenters. The third-order valence-corrected chi connectivity index (χ3v) is 3.24. The quantitative estimate of drug-likeness (QED) is 0.288. The molecule has 0 aliphatic carbocycles. The first-order valence-corrected chi connectivity index (χ1v) is 7.45. The minimum Gasteiger partial charge on any atom is -0.336 e. The summed E-state index contributed by atoms with van der Waals surface area (Å²) in [4.78, 5) is 0. The van der Waals surface area contributed by atoms with E-state index in [0.29, 0.717) is 0 Å². The van der Waals surface area contributed by atoms with E-state index in [2.05, 4.69) is 13.8 Å². The highest BCUT2D eigenvalue weighted by Crippen LogP contribution is 2.14. The molecule has 0 aliphatic heterocycles. The van der Waals surface area contributed by atoms with Crippen LogP contribution < -0.4 is 0 Å². The van der Waals surface area contributed by atoms with Gasteiger partial charge in [0.2, 0.25) is 0 Å². The fourth-order valence-electron chi connectivity index (χ4n) is 2.08. The molecule has 0 N–H and O–H groups in total. The van der Waals surface area contributed by atoms with E-state index in [1.54, 1.807) is 0 Å². The average molecular weight is 228 g/mol. The van der Waals surface area contributed by atoms with E-state index in [1.165, 1.54) is 51.4 Å². The van der Waals surface area contributed by atoms with Crippen molar-refractivity contribution in [2.24, 2.45) is 0 Å².